The summed E-state index contributed by atoms with van der Waals surface area (Å²) in [6, 6.07) is 51.0. The van der Waals surface area contributed by atoms with Crippen molar-refractivity contribution in [2.24, 2.45) is 0 Å². The molecule has 0 N–H and O–H groups in total. The van der Waals surface area contributed by atoms with E-state index in [1.807, 2.05) is 12.1 Å². The summed E-state index contributed by atoms with van der Waals surface area (Å²) >= 11 is 6.26. The van der Waals surface area contributed by atoms with Gasteiger partial charge in [0.2, 0.25) is 0 Å². The van der Waals surface area contributed by atoms with Gasteiger partial charge < -0.3 is 0 Å². The normalized spacial score (nSPS) is 13.6. The monoisotopic (exact) mass is 502 g/mol. The molecular weight excluding hydrogens is 480 g/mol. The molecule has 0 heterocycles. The van der Waals surface area contributed by atoms with Gasteiger partial charge in [-0.25, -0.2) is 0 Å². The zero-order valence-electron chi connectivity index (χ0n) is 20.7. The maximum Gasteiger partial charge on any atom is 0.0725 e. The van der Waals surface area contributed by atoms with Crippen LogP contribution >= 0.6 is 11.6 Å². The summed E-state index contributed by atoms with van der Waals surface area (Å²) in [5, 5.41) is 0.751. The molecule has 8 rings (SSSR count). The van der Waals surface area contributed by atoms with Gasteiger partial charge in [0.1, 0.15) is 0 Å². The van der Waals surface area contributed by atoms with Crippen molar-refractivity contribution in [3.63, 3.8) is 0 Å². The lowest BCUT2D eigenvalue weighted by Crippen LogP contribution is -2.29. The van der Waals surface area contributed by atoms with Crippen LogP contribution in [0, 0.1) is 0 Å². The van der Waals surface area contributed by atoms with Crippen LogP contribution in [0.3, 0.4) is 0 Å². The van der Waals surface area contributed by atoms with Crippen molar-refractivity contribution >= 4 is 11.6 Å². The minimum atomic E-state index is -0.444. The van der Waals surface area contributed by atoms with Crippen LogP contribution in [0.5, 0.6) is 0 Å². The van der Waals surface area contributed by atoms with Gasteiger partial charge in [0.15, 0.2) is 0 Å². The largest absolute Gasteiger partial charge is 0.0843 e. The predicted molar refractivity (Wildman–Crippen MR) is 159 cm³/mol. The fourth-order valence-electron chi connectivity index (χ4n) is 6.87. The van der Waals surface area contributed by atoms with E-state index < -0.39 is 5.41 Å². The van der Waals surface area contributed by atoms with Crippen LogP contribution in [0.4, 0.5) is 0 Å². The molecule has 38 heavy (non-hydrogen) atoms. The van der Waals surface area contributed by atoms with E-state index in [0.29, 0.717) is 0 Å². The van der Waals surface area contributed by atoms with Crippen LogP contribution in [-0.4, -0.2) is 0 Å². The standard InChI is InChI=1S/C37H23Cl/c38-26-20-17-24(18-21-26)25-19-22-32-28-10-2-1-9-27(28)29-11-3-6-14-33(29)37(36(32)23-25)34-15-7-4-12-30(34)31-13-5-8-16-35(31)37/h1-23H. The van der Waals surface area contributed by atoms with Crippen molar-refractivity contribution in [3.8, 4) is 44.5 Å². The molecule has 0 saturated heterocycles. The minimum absolute atomic E-state index is 0.444. The third-order valence-corrected chi connectivity index (χ3v) is 8.64. The summed E-state index contributed by atoms with van der Waals surface area (Å²) in [6.07, 6.45) is 0. The fourth-order valence-corrected chi connectivity index (χ4v) is 7.00. The number of benzene rings is 6. The van der Waals surface area contributed by atoms with Crippen LogP contribution in [0.15, 0.2) is 140 Å². The lowest BCUT2D eigenvalue weighted by Gasteiger charge is -2.35. The van der Waals surface area contributed by atoms with Gasteiger partial charge in [-0.05, 0) is 85.0 Å². The van der Waals surface area contributed by atoms with E-state index in [-0.39, 0.29) is 0 Å². The van der Waals surface area contributed by atoms with Crippen molar-refractivity contribution in [2.45, 2.75) is 5.41 Å². The molecule has 0 unspecified atom stereocenters. The Labute approximate surface area is 227 Å². The highest BCUT2D eigenvalue weighted by Gasteiger charge is 2.49. The molecule has 2 aliphatic carbocycles. The Morgan fingerprint density at radius 3 is 1.26 bits per heavy atom. The summed E-state index contributed by atoms with van der Waals surface area (Å²) in [5.41, 5.74) is 15.0. The van der Waals surface area contributed by atoms with Crippen molar-refractivity contribution in [1.82, 2.24) is 0 Å². The molecule has 0 amide bonds. The van der Waals surface area contributed by atoms with E-state index in [4.69, 9.17) is 11.6 Å². The van der Waals surface area contributed by atoms with Gasteiger partial charge in [0, 0.05) is 5.02 Å². The molecule has 178 valence electrons. The molecule has 1 spiro atoms. The van der Waals surface area contributed by atoms with Gasteiger partial charge in [0.05, 0.1) is 5.41 Å². The first-order valence-corrected chi connectivity index (χ1v) is 13.4. The Bertz CT molecular complexity index is 1830. The van der Waals surface area contributed by atoms with E-state index in [9.17, 15) is 0 Å². The third kappa shape index (κ3) is 2.81. The summed E-state index contributed by atoms with van der Waals surface area (Å²) in [4.78, 5) is 0. The number of hydrogen-bond donors (Lipinski definition) is 0. The second kappa shape index (κ2) is 8.05. The molecule has 0 fully saturated rings. The molecule has 0 aliphatic heterocycles. The van der Waals surface area contributed by atoms with E-state index in [1.165, 1.54) is 61.2 Å². The van der Waals surface area contributed by atoms with Crippen molar-refractivity contribution in [1.29, 1.82) is 0 Å². The van der Waals surface area contributed by atoms with E-state index in [1.54, 1.807) is 0 Å². The number of rotatable bonds is 1. The molecule has 6 aromatic rings. The Balaban J connectivity index is 1.59. The first kappa shape index (κ1) is 21.7. The lowest BCUT2D eigenvalue weighted by molar-refractivity contribution is 0.776. The Hall–Kier alpha value is -4.39. The fraction of sp³-hybridized carbons (Fsp3) is 0.0270. The average Bonchev–Trinajstić information content (AvgIpc) is 3.22. The number of fused-ring (bicyclic) bond motifs is 12. The van der Waals surface area contributed by atoms with Gasteiger partial charge in [-0.15, -0.1) is 0 Å². The van der Waals surface area contributed by atoms with Crippen LogP contribution in [-0.2, 0) is 5.41 Å². The van der Waals surface area contributed by atoms with Crippen LogP contribution < -0.4 is 0 Å². The van der Waals surface area contributed by atoms with Crippen molar-refractivity contribution in [2.75, 3.05) is 0 Å². The Morgan fingerprint density at radius 1 is 0.342 bits per heavy atom. The summed E-state index contributed by atoms with van der Waals surface area (Å²) in [7, 11) is 0. The average molecular weight is 503 g/mol. The second-order valence-corrected chi connectivity index (χ2v) is 10.6. The SMILES string of the molecule is Clc1ccc(-c2ccc3c(c2)C2(c4ccccc4-c4ccccc4-3)c3ccccc3-c3ccccc32)cc1. The number of halogens is 1. The van der Waals surface area contributed by atoms with E-state index in [0.717, 1.165) is 10.6 Å². The minimum Gasteiger partial charge on any atom is -0.0843 e. The number of hydrogen-bond acceptors (Lipinski definition) is 0. The van der Waals surface area contributed by atoms with Crippen LogP contribution in [0.25, 0.3) is 44.5 Å². The summed E-state index contributed by atoms with van der Waals surface area (Å²) < 4.78 is 0. The topological polar surface area (TPSA) is 0 Å². The van der Waals surface area contributed by atoms with Crippen LogP contribution in [0.1, 0.15) is 22.3 Å². The molecule has 0 atom stereocenters. The highest BCUT2D eigenvalue weighted by atomic mass is 35.5. The highest BCUT2D eigenvalue weighted by Crippen LogP contribution is 2.61. The zero-order chi connectivity index (χ0) is 25.3. The van der Waals surface area contributed by atoms with E-state index >= 15 is 0 Å². The first-order valence-electron chi connectivity index (χ1n) is 13.1. The second-order valence-electron chi connectivity index (χ2n) is 10.2. The van der Waals surface area contributed by atoms with Crippen molar-refractivity contribution < 1.29 is 0 Å². The van der Waals surface area contributed by atoms with Gasteiger partial charge >= 0.3 is 0 Å². The molecule has 0 saturated carbocycles. The summed E-state index contributed by atoms with van der Waals surface area (Å²) in [6.45, 7) is 0. The maximum atomic E-state index is 6.26. The van der Waals surface area contributed by atoms with E-state index in [2.05, 4.69) is 127 Å². The molecule has 2 aliphatic rings. The van der Waals surface area contributed by atoms with Crippen LogP contribution in [0.2, 0.25) is 5.02 Å². The lowest BCUT2D eigenvalue weighted by atomic mass is 9.65. The van der Waals surface area contributed by atoms with Gasteiger partial charge in [0.25, 0.3) is 0 Å². The molecule has 0 bridgehead atoms. The maximum absolute atomic E-state index is 6.26. The molecule has 6 aromatic carbocycles. The molecule has 0 aromatic heterocycles. The molecule has 1 heteroatoms. The third-order valence-electron chi connectivity index (χ3n) is 8.39. The molecular formula is C37H23Cl. The quantitative estimate of drug-likeness (QED) is 0.209. The smallest absolute Gasteiger partial charge is 0.0725 e. The van der Waals surface area contributed by atoms with Gasteiger partial charge in [-0.1, -0.05) is 133 Å². The summed E-state index contributed by atoms with van der Waals surface area (Å²) in [5.74, 6) is 0. The van der Waals surface area contributed by atoms with Crippen molar-refractivity contribution in [3.05, 3.63) is 167 Å². The highest BCUT2D eigenvalue weighted by molar-refractivity contribution is 6.30. The molecule has 0 nitrogen and oxygen atoms in total. The Kier molecular flexibility index (Phi) is 4.59. The molecule has 0 radical (unpaired) electrons. The zero-order valence-corrected chi connectivity index (χ0v) is 21.4. The van der Waals surface area contributed by atoms with Gasteiger partial charge in [-0.2, -0.15) is 0 Å². The first-order chi connectivity index (χ1) is 18.8. The predicted octanol–water partition coefficient (Wildman–Crippen LogP) is 10.0. The Morgan fingerprint density at radius 2 is 0.737 bits per heavy atom. The van der Waals surface area contributed by atoms with Gasteiger partial charge in [-0.3, -0.25) is 0 Å².